The van der Waals surface area contributed by atoms with Crippen molar-refractivity contribution in [2.45, 2.75) is 32.9 Å². The fourth-order valence-electron chi connectivity index (χ4n) is 2.25. The zero-order chi connectivity index (χ0) is 12.4. The number of amides is 1. The summed E-state index contributed by atoms with van der Waals surface area (Å²) < 4.78 is 0. The van der Waals surface area contributed by atoms with Crippen LogP contribution in [0.4, 0.5) is 0 Å². The molecule has 2 unspecified atom stereocenters. The summed E-state index contributed by atoms with van der Waals surface area (Å²) in [6.07, 6.45) is 0.950. The SMILES string of the molecule is Cc1ncsc1CN(C)C(=O)C1CCNC1C. The Bertz CT molecular complexity index is 404. The van der Waals surface area contributed by atoms with Gasteiger partial charge < -0.3 is 10.2 Å². The highest BCUT2D eigenvalue weighted by Gasteiger charge is 2.31. The predicted molar refractivity (Wildman–Crippen MR) is 68.9 cm³/mol. The van der Waals surface area contributed by atoms with E-state index in [-0.39, 0.29) is 11.8 Å². The van der Waals surface area contributed by atoms with Crippen LogP contribution in [0.1, 0.15) is 23.9 Å². The summed E-state index contributed by atoms with van der Waals surface area (Å²) in [5, 5.41) is 3.32. The first-order valence-electron chi connectivity index (χ1n) is 5.97. The topological polar surface area (TPSA) is 45.2 Å². The van der Waals surface area contributed by atoms with Gasteiger partial charge in [0.25, 0.3) is 0 Å². The molecule has 1 aromatic heterocycles. The van der Waals surface area contributed by atoms with Crippen LogP contribution in [0.15, 0.2) is 5.51 Å². The molecule has 0 bridgehead atoms. The summed E-state index contributed by atoms with van der Waals surface area (Å²) in [5.74, 6) is 0.378. The molecule has 0 spiro atoms. The summed E-state index contributed by atoms with van der Waals surface area (Å²) >= 11 is 1.62. The van der Waals surface area contributed by atoms with Crippen molar-refractivity contribution in [1.29, 1.82) is 0 Å². The first kappa shape index (κ1) is 12.5. The largest absolute Gasteiger partial charge is 0.340 e. The molecule has 94 valence electrons. The molecule has 1 fully saturated rings. The summed E-state index contributed by atoms with van der Waals surface area (Å²) in [4.78, 5) is 19.5. The summed E-state index contributed by atoms with van der Waals surface area (Å²) in [6.45, 7) is 5.70. The van der Waals surface area contributed by atoms with Gasteiger partial charge in [0.1, 0.15) is 0 Å². The highest BCUT2D eigenvalue weighted by molar-refractivity contribution is 7.09. The maximum Gasteiger partial charge on any atom is 0.227 e. The molecule has 4 nitrogen and oxygen atoms in total. The fraction of sp³-hybridized carbons (Fsp3) is 0.667. The Morgan fingerprint density at radius 1 is 1.71 bits per heavy atom. The molecule has 1 aliphatic heterocycles. The van der Waals surface area contributed by atoms with Crippen molar-refractivity contribution in [1.82, 2.24) is 15.2 Å². The van der Waals surface area contributed by atoms with Gasteiger partial charge in [0, 0.05) is 18.0 Å². The molecule has 1 aliphatic rings. The van der Waals surface area contributed by atoms with Crippen LogP contribution >= 0.6 is 11.3 Å². The number of hydrogen-bond donors (Lipinski definition) is 1. The maximum atomic E-state index is 12.3. The zero-order valence-corrected chi connectivity index (χ0v) is 11.4. The Morgan fingerprint density at radius 2 is 2.47 bits per heavy atom. The average molecular weight is 253 g/mol. The van der Waals surface area contributed by atoms with E-state index in [2.05, 4.69) is 17.2 Å². The van der Waals surface area contributed by atoms with Gasteiger partial charge in [-0.25, -0.2) is 4.98 Å². The van der Waals surface area contributed by atoms with Crippen molar-refractivity contribution < 1.29 is 4.79 Å². The summed E-state index contributed by atoms with van der Waals surface area (Å²) in [7, 11) is 1.88. The van der Waals surface area contributed by atoms with Crippen LogP contribution in [-0.2, 0) is 11.3 Å². The van der Waals surface area contributed by atoms with E-state index in [1.807, 2.05) is 24.4 Å². The number of carbonyl (C=O) groups excluding carboxylic acids is 1. The lowest BCUT2D eigenvalue weighted by Gasteiger charge is -2.22. The van der Waals surface area contributed by atoms with Crippen LogP contribution in [0.5, 0.6) is 0 Å². The predicted octanol–water partition coefficient (Wildman–Crippen LogP) is 1.41. The highest BCUT2D eigenvalue weighted by Crippen LogP contribution is 2.20. The van der Waals surface area contributed by atoms with Gasteiger partial charge in [-0.1, -0.05) is 0 Å². The molecule has 1 amide bonds. The van der Waals surface area contributed by atoms with Gasteiger partial charge in [0.05, 0.1) is 23.7 Å². The van der Waals surface area contributed by atoms with E-state index in [0.29, 0.717) is 12.6 Å². The van der Waals surface area contributed by atoms with Gasteiger partial charge in [-0.3, -0.25) is 4.79 Å². The van der Waals surface area contributed by atoms with E-state index >= 15 is 0 Å². The standard InChI is InChI=1S/C12H19N3OS/c1-8-10(4-5-13-8)12(16)15(3)6-11-9(2)14-7-17-11/h7-8,10,13H,4-6H2,1-3H3. The molecule has 0 radical (unpaired) electrons. The Hall–Kier alpha value is -0.940. The van der Waals surface area contributed by atoms with Gasteiger partial charge in [-0.2, -0.15) is 0 Å². The van der Waals surface area contributed by atoms with E-state index in [4.69, 9.17) is 0 Å². The summed E-state index contributed by atoms with van der Waals surface area (Å²) in [6, 6.07) is 0.299. The lowest BCUT2D eigenvalue weighted by molar-refractivity contribution is -0.134. The highest BCUT2D eigenvalue weighted by atomic mass is 32.1. The number of nitrogens with one attached hydrogen (secondary N) is 1. The lowest BCUT2D eigenvalue weighted by atomic mass is 10.0. The molecule has 1 saturated heterocycles. The second-order valence-corrected chi connectivity index (χ2v) is 5.63. The van der Waals surface area contributed by atoms with Crippen molar-refractivity contribution in [2.75, 3.05) is 13.6 Å². The molecule has 2 rings (SSSR count). The van der Waals surface area contributed by atoms with Crippen molar-refractivity contribution in [3.63, 3.8) is 0 Å². The minimum absolute atomic E-state index is 0.133. The monoisotopic (exact) mass is 253 g/mol. The van der Waals surface area contributed by atoms with Crippen molar-refractivity contribution in [2.24, 2.45) is 5.92 Å². The maximum absolute atomic E-state index is 12.3. The third-order valence-electron chi connectivity index (χ3n) is 3.44. The quantitative estimate of drug-likeness (QED) is 0.886. The molecule has 0 aliphatic carbocycles. The second-order valence-electron chi connectivity index (χ2n) is 4.69. The Labute approximate surface area is 106 Å². The minimum atomic E-state index is 0.133. The van der Waals surface area contributed by atoms with Crippen LogP contribution in [0.2, 0.25) is 0 Å². The van der Waals surface area contributed by atoms with Crippen LogP contribution in [0, 0.1) is 12.8 Å². The van der Waals surface area contributed by atoms with Gasteiger partial charge in [0.15, 0.2) is 0 Å². The molecule has 17 heavy (non-hydrogen) atoms. The van der Waals surface area contributed by atoms with E-state index in [9.17, 15) is 4.79 Å². The van der Waals surface area contributed by atoms with Crippen LogP contribution in [-0.4, -0.2) is 35.4 Å². The number of rotatable bonds is 3. The summed E-state index contributed by atoms with van der Waals surface area (Å²) in [5.41, 5.74) is 2.87. The van der Waals surface area contributed by atoms with Crippen LogP contribution in [0.25, 0.3) is 0 Å². The average Bonchev–Trinajstić information content (AvgIpc) is 2.88. The van der Waals surface area contributed by atoms with Gasteiger partial charge in [0.2, 0.25) is 5.91 Å². The van der Waals surface area contributed by atoms with Crippen LogP contribution in [0.3, 0.4) is 0 Å². The first-order valence-corrected chi connectivity index (χ1v) is 6.85. The Morgan fingerprint density at radius 3 is 3.00 bits per heavy atom. The number of aromatic nitrogens is 1. The van der Waals surface area contributed by atoms with E-state index in [0.717, 1.165) is 18.7 Å². The number of carbonyl (C=O) groups is 1. The number of thiazole rings is 1. The van der Waals surface area contributed by atoms with Crippen molar-refractivity contribution in [3.05, 3.63) is 16.1 Å². The first-order chi connectivity index (χ1) is 8.09. The van der Waals surface area contributed by atoms with Crippen molar-refractivity contribution in [3.8, 4) is 0 Å². The Balaban J connectivity index is 1.98. The fourth-order valence-corrected chi connectivity index (χ4v) is 3.08. The van der Waals surface area contributed by atoms with Crippen LogP contribution < -0.4 is 5.32 Å². The molecule has 0 saturated carbocycles. The van der Waals surface area contributed by atoms with Gasteiger partial charge >= 0.3 is 0 Å². The van der Waals surface area contributed by atoms with E-state index < -0.39 is 0 Å². The molecule has 0 aromatic carbocycles. The Kier molecular flexibility index (Phi) is 3.79. The van der Waals surface area contributed by atoms with Crippen molar-refractivity contribution >= 4 is 17.2 Å². The minimum Gasteiger partial charge on any atom is -0.340 e. The lowest BCUT2D eigenvalue weighted by Crippen LogP contribution is -2.37. The molecular weight excluding hydrogens is 234 g/mol. The normalized spacial score (nSPS) is 23.9. The molecule has 2 heterocycles. The molecule has 1 aromatic rings. The van der Waals surface area contributed by atoms with E-state index in [1.165, 1.54) is 4.88 Å². The number of hydrogen-bond acceptors (Lipinski definition) is 4. The zero-order valence-electron chi connectivity index (χ0n) is 10.6. The van der Waals surface area contributed by atoms with E-state index in [1.54, 1.807) is 11.3 Å². The third-order valence-corrected chi connectivity index (χ3v) is 4.36. The molecular formula is C12H19N3OS. The van der Waals surface area contributed by atoms with Gasteiger partial charge in [-0.05, 0) is 26.8 Å². The molecule has 2 atom stereocenters. The molecule has 1 N–H and O–H groups in total. The third kappa shape index (κ3) is 2.66. The van der Waals surface area contributed by atoms with Gasteiger partial charge in [-0.15, -0.1) is 11.3 Å². The number of aryl methyl sites for hydroxylation is 1. The molecule has 5 heteroatoms. The smallest absolute Gasteiger partial charge is 0.227 e. The second kappa shape index (κ2) is 5.14. The number of nitrogens with zero attached hydrogens (tertiary/aromatic N) is 2.